The molecule has 2 fully saturated rings. The minimum atomic E-state index is -4.37. The van der Waals surface area contributed by atoms with Gasteiger partial charge in [-0.2, -0.15) is 13.2 Å². The molecule has 0 saturated heterocycles. The van der Waals surface area contributed by atoms with Crippen LogP contribution in [0, 0.1) is 11.8 Å². The quantitative estimate of drug-likeness (QED) is 0.822. The Bertz CT molecular complexity index is 430. The topological polar surface area (TPSA) is 33.1 Å². The van der Waals surface area contributed by atoms with Crippen molar-refractivity contribution in [1.82, 2.24) is 4.98 Å². The molecule has 0 aliphatic heterocycles. The van der Waals surface area contributed by atoms with Gasteiger partial charge in [0.2, 0.25) is 0 Å². The van der Waals surface area contributed by atoms with E-state index >= 15 is 0 Å². The molecule has 2 unspecified atom stereocenters. The second kappa shape index (κ2) is 3.22. The summed E-state index contributed by atoms with van der Waals surface area (Å²) in [6.45, 7) is 0. The van der Waals surface area contributed by atoms with Crippen molar-refractivity contribution in [2.75, 3.05) is 0 Å². The average Bonchev–Trinajstić information content (AvgIpc) is 2.67. The first-order valence-electron chi connectivity index (χ1n) is 5.70. The second-order valence-electron chi connectivity index (χ2n) is 4.90. The molecule has 2 aliphatic carbocycles. The molecule has 17 heavy (non-hydrogen) atoms. The third kappa shape index (κ3) is 1.48. The highest BCUT2D eigenvalue weighted by molar-refractivity contribution is 5.30. The summed E-state index contributed by atoms with van der Waals surface area (Å²) in [6, 6.07) is 2.30. The van der Waals surface area contributed by atoms with Crippen LogP contribution < -0.4 is 0 Å². The van der Waals surface area contributed by atoms with Crippen LogP contribution in [0.4, 0.5) is 13.2 Å². The summed E-state index contributed by atoms with van der Waals surface area (Å²) in [5, 5.41) is 10.3. The van der Waals surface area contributed by atoms with Crippen LogP contribution in [0.15, 0.2) is 18.3 Å². The molecule has 0 spiro atoms. The van der Waals surface area contributed by atoms with Crippen molar-refractivity contribution in [3.8, 4) is 0 Å². The SMILES string of the molecule is OC1(c2ccc(C(F)(F)F)cn2)C2CCCC21. The van der Waals surface area contributed by atoms with E-state index < -0.39 is 17.3 Å². The number of nitrogens with zero attached hydrogens (tertiary/aromatic N) is 1. The van der Waals surface area contributed by atoms with Crippen molar-refractivity contribution < 1.29 is 18.3 Å². The van der Waals surface area contributed by atoms with Gasteiger partial charge in [-0.05, 0) is 36.8 Å². The Kier molecular flexibility index (Phi) is 2.09. The van der Waals surface area contributed by atoms with Crippen LogP contribution in [0.1, 0.15) is 30.5 Å². The zero-order chi connectivity index (χ0) is 12.3. The normalized spacial score (nSPS) is 35.8. The number of hydrogen-bond acceptors (Lipinski definition) is 2. The molecule has 1 aromatic heterocycles. The third-order valence-corrected chi connectivity index (χ3v) is 4.04. The van der Waals surface area contributed by atoms with Crippen LogP contribution in [0.2, 0.25) is 0 Å². The zero-order valence-corrected chi connectivity index (χ0v) is 9.04. The van der Waals surface area contributed by atoms with Gasteiger partial charge in [0.1, 0.15) is 5.60 Å². The Balaban J connectivity index is 1.87. The van der Waals surface area contributed by atoms with Gasteiger partial charge in [0.05, 0.1) is 11.3 Å². The van der Waals surface area contributed by atoms with Crippen LogP contribution in [-0.2, 0) is 11.8 Å². The fourth-order valence-electron chi connectivity index (χ4n) is 3.10. The number of halogens is 3. The highest BCUT2D eigenvalue weighted by atomic mass is 19.4. The molecular formula is C12H12F3NO. The smallest absolute Gasteiger partial charge is 0.383 e. The first-order valence-corrected chi connectivity index (χ1v) is 5.70. The molecule has 0 bridgehead atoms. The molecule has 92 valence electrons. The molecule has 3 rings (SSSR count). The zero-order valence-electron chi connectivity index (χ0n) is 9.04. The average molecular weight is 243 g/mol. The summed E-state index contributed by atoms with van der Waals surface area (Å²) < 4.78 is 37.1. The number of aliphatic hydroxyl groups is 1. The minimum Gasteiger partial charge on any atom is -0.383 e. The molecule has 1 aromatic rings. The molecule has 0 amide bonds. The molecule has 0 radical (unpaired) electrons. The fraction of sp³-hybridized carbons (Fsp3) is 0.583. The molecule has 1 heterocycles. The van der Waals surface area contributed by atoms with Gasteiger partial charge in [0.15, 0.2) is 0 Å². The van der Waals surface area contributed by atoms with E-state index in [4.69, 9.17) is 0 Å². The first-order chi connectivity index (χ1) is 7.94. The minimum absolute atomic E-state index is 0.201. The Morgan fingerprint density at radius 1 is 1.24 bits per heavy atom. The van der Waals surface area contributed by atoms with Crippen LogP contribution in [0.3, 0.4) is 0 Å². The lowest BCUT2D eigenvalue weighted by Gasteiger charge is -2.14. The summed E-state index contributed by atoms with van der Waals surface area (Å²) in [5.74, 6) is 0.401. The van der Waals surface area contributed by atoms with Crippen molar-refractivity contribution in [2.24, 2.45) is 11.8 Å². The predicted octanol–water partition coefficient (Wildman–Crippen LogP) is 2.72. The molecule has 1 N–H and O–H groups in total. The Labute approximate surface area is 96.5 Å². The molecular weight excluding hydrogens is 231 g/mol. The highest BCUT2D eigenvalue weighted by Crippen LogP contribution is 2.65. The van der Waals surface area contributed by atoms with Gasteiger partial charge in [-0.15, -0.1) is 0 Å². The maximum absolute atomic E-state index is 12.4. The summed E-state index contributed by atoms with van der Waals surface area (Å²) in [5.41, 5.74) is -1.33. The Hall–Kier alpha value is -1.10. The van der Waals surface area contributed by atoms with E-state index in [2.05, 4.69) is 4.98 Å². The van der Waals surface area contributed by atoms with Crippen molar-refractivity contribution in [1.29, 1.82) is 0 Å². The van der Waals surface area contributed by atoms with Crippen molar-refractivity contribution >= 4 is 0 Å². The molecule has 5 heteroatoms. The second-order valence-corrected chi connectivity index (χ2v) is 4.90. The molecule has 2 aliphatic rings. The van der Waals surface area contributed by atoms with E-state index in [0.717, 1.165) is 31.5 Å². The van der Waals surface area contributed by atoms with Gasteiger partial charge >= 0.3 is 6.18 Å². The fourth-order valence-corrected chi connectivity index (χ4v) is 3.10. The number of hydrogen-bond donors (Lipinski definition) is 1. The van der Waals surface area contributed by atoms with Gasteiger partial charge in [-0.25, -0.2) is 0 Å². The van der Waals surface area contributed by atoms with Crippen LogP contribution in [0.5, 0.6) is 0 Å². The standard InChI is InChI=1S/C12H12F3NO/c13-12(14,15)7-4-5-10(16-6-7)11(17)8-2-1-3-9(8)11/h4-6,8-9,17H,1-3H2. The molecule has 2 atom stereocenters. The van der Waals surface area contributed by atoms with Gasteiger partial charge < -0.3 is 5.11 Å². The van der Waals surface area contributed by atoms with E-state index in [1.807, 2.05) is 0 Å². The van der Waals surface area contributed by atoms with Crippen molar-refractivity contribution in [3.63, 3.8) is 0 Å². The van der Waals surface area contributed by atoms with E-state index in [0.29, 0.717) is 5.69 Å². The predicted molar refractivity (Wildman–Crippen MR) is 54.0 cm³/mol. The van der Waals surface area contributed by atoms with Crippen LogP contribution >= 0.6 is 0 Å². The molecule has 0 aromatic carbocycles. The summed E-state index contributed by atoms with van der Waals surface area (Å²) in [7, 11) is 0. The highest BCUT2D eigenvalue weighted by Gasteiger charge is 2.67. The Morgan fingerprint density at radius 3 is 2.35 bits per heavy atom. The maximum Gasteiger partial charge on any atom is 0.417 e. The number of pyridine rings is 1. The van der Waals surface area contributed by atoms with E-state index in [1.165, 1.54) is 6.07 Å². The van der Waals surface area contributed by atoms with Gasteiger partial charge in [-0.1, -0.05) is 6.42 Å². The molecule has 2 saturated carbocycles. The number of rotatable bonds is 1. The lowest BCUT2D eigenvalue weighted by Crippen LogP contribution is -2.16. The molecule has 2 nitrogen and oxygen atoms in total. The summed E-state index contributed by atoms with van der Waals surface area (Å²) in [4.78, 5) is 3.79. The van der Waals surface area contributed by atoms with Gasteiger partial charge in [0.25, 0.3) is 0 Å². The van der Waals surface area contributed by atoms with Gasteiger partial charge in [0, 0.05) is 6.20 Å². The van der Waals surface area contributed by atoms with Crippen molar-refractivity contribution in [3.05, 3.63) is 29.6 Å². The number of fused-ring (bicyclic) bond motifs is 1. The summed E-state index contributed by atoms with van der Waals surface area (Å²) in [6.07, 6.45) is -0.569. The van der Waals surface area contributed by atoms with Crippen LogP contribution in [-0.4, -0.2) is 10.1 Å². The lowest BCUT2D eigenvalue weighted by molar-refractivity contribution is -0.137. The van der Waals surface area contributed by atoms with Crippen LogP contribution in [0.25, 0.3) is 0 Å². The number of aromatic nitrogens is 1. The Morgan fingerprint density at radius 2 is 1.88 bits per heavy atom. The van der Waals surface area contributed by atoms with Gasteiger partial charge in [-0.3, -0.25) is 4.98 Å². The van der Waals surface area contributed by atoms with E-state index in [9.17, 15) is 18.3 Å². The van der Waals surface area contributed by atoms with Crippen molar-refractivity contribution in [2.45, 2.75) is 31.0 Å². The number of alkyl halides is 3. The monoisotopic (exact) mass is 243 g/mol. The maximum atomic E-state index is 12.4. The van der Waals surface area contributed by atoms with E-state index in [1.54, 1.807) is 0 Å². The lowest BCUT2D eigenvalue weighted by atomic mass is 10.0. The largest absolute Gasteiger partial charge is 0.417 e. The van der Waals surface area contributed by atoms with E-state index in [-0.39, 0.29) is 11.8 Å². The third-order valence-electron chi connectivity index (χ3n) is 4.04. The summed E-state index contributed by atoms with van der Waals surface area (Å²) >= 11 is 0. The first kappa shape index (κ1) is 11.0.